The zero-order valence-electron chi connectivity index (χ0n) is 11.3. The number of nitro groups is 1. The molecule has 1 aromatic carbocycles. The number of hydrogen-bond donors (Lipinski definition) is 1. The van der Waals surface area contributed by atoms with Crippen LogP contribution in [0.5, 0.6) is 0 Å². The molecule has 0 saturated heterocycles. The minimum Gasteiger partial charge on any atom is -0.322 e. The summed E-state index contributed by atoms with van der Waals surface area (Å²) in [6.07, 6.45) is 6.25. The highest BCUT2D eigenvalue weighted by Gasteiger charge is 2.13. The molecule has 0 radical (unpaired) electrons. The quantitative estimate of drug-likeness (QED) is 0.531. The number of carbonyl (C=O) groups excluding carboxylic acids is 1. The van der Waals surface area contributed by atoms with Crippen LogP contribution in [-0.2, 0) is 4.79 Å². The smallest absolute Gasteiger partial charge is 0.274 e. The molecule has 0 aliphatic carbocycles. The lowest BCUT2D eigenvalue weighted by Gasteiger charge is -2.06. The number of anilines is 1. The van der Waals surface area contributed by atoms with Crippen molar-refractivity contribution in [2.45, 2.75) is 6.92 Å². The predicted molar refractivity (Wildman–Crippen MR) is 79.7 cm³/mol. The number of hydrogen-bond acceptors (Lipinski definition) is 4. The van der Waals surface area contributed by atoms with E-state index in [0.29, 0.717) is 11.3 Å². The molecule has 106 valence electrons. The van der Waals surface area contributed by atoms with Crippen molar-refractivity contribution in [3.63, 3.8) is 0 Å². The maximum absolute atomic E-state index is 11.8. The Kier molecular flexibility index (Phi) is 4.40. The van der Waals surface area contributed by atoms with Crippen LogP contribution in [0.25, 0.3) is 6.08 Å². The lowest BCUT2D eigenvalue weighted by Crippen LogP contribution is -2.09. The highest BCUT2D eigenvalue weighted by Crippen LogP contribution is 2.24. The number of aromatic nitrogens is 1. The summed E-state index contributed by atoms with van der Waals surface area (Å²) in [5, 5.41) is 13.5. The van der Waals surface area contributed by atoms with Gasteiger partial charge in [0.05, 0.1) is 16.2 Å². The molecule has 1 N–H and O–H groups in total. The maximum atomic E-state index is 11.8. The summed E-state index contributed by atoms with van der Waals surface area (Å²) >= 11 is 0. The van der Waals surface area contributed by atoms with Crippen molar-refractivity contribution in [2.75, 3.05) is 5.32 Å². The first-order chi connectivity index (χ1) is 10.1. The Morgan fingerprint density at radius 3 is 2.81 bits per heavy atom. The Morgan fingerprint density at radius 2 is 2.14 bits per heavy atom. The average molecular weight is 283 g/mol. The van der Waals surface area contributed by atoms with Crippen LogP contribution in [0.15, 0.2) is 48.8 Å². The average Bonchev–Trinajstić information content (AvgIpc) is 2.48. The summed E-state index contributed by atoms with van der Waals surface area (Å²) in [4.78, 5) is 26.1. The Balaban J connectivity index is 2.12. The van der Waals surface area contributed by atoms with Crippen molar-refractivity contribution >= 4 is 23.4 Å². The molecule has 21 heavy (non-hydrogen) atoms. The molecule has 0 aliphatic heterocycles. The second-order valence-electron chi connectivity index (χ2n) is 4.32. The van der Waals surface area contributed by atoms with E-state index in [1.807, 2.05) is 6.07 Å². The molecule has 0 aliphatic rings. The molecule has 1 heterocycles. The molecule has 0 unspecified atom stereocenters. The first-order valence-corrected chi connectivity index (χ1v) is 6.21. The van der Waals surface area contributed by atoms with Crippen molar-refractivity contribution in [3.8, 4) is 0 Å². The summed E-state index contributed by atoms with van der Waals surface area (Å²) in [5.41, 5.74) is 1.61. The summed E-state index contributed by atoms with van der Waals surface area (Å²) in [6.45, 7) is 1.60. The second kappa shape index (κ2) is 6.42. The van der Waals surface area contributed by atoms with Gasteiger partial charge < -0.3 is 5.32 Å². The summed E-state index contributed by atoms with van der Waals surface area (Å²) in [6, 6.07) is 8.14. The van der Waals surface area contributed by atoms with Gasteiger partial charge in [-0.2, -0.15) is 0 Å². The van der Waals surface area contributed by atoms with E-state index >= 15 is 0 Å². The summed E-state index contributed by atoms with van der Waals surface area (Å²) in [7, 11) is 0. The number of rotatable bonds is 4. The third kappa shape index (κ3) is 3.73. The van der Waals surface area contributed by atoms with E-state index in [1.165, 1.54) is 18.2 Å². The number of nitrogens with one attached hydrogen (secondary N) is 1. The molecule has 1 amide bonds. The van der Waals surface area contributed by atoms with Gasteiger partial charge in [-0.1, -0.05) is 12.1 Å². The molecule has 0 atom stereocenters. The fourth-order valence-electron chi connectivity index (χ4n) is 1.78. The van der Waals surface area contributed by atoms with E-state index in [1.54, 1.807) is 37.5 Å². The normalized spacial score (nSPS) is 10.5. The zero-order chi connectivity index (χ0) is 15.2. The molecule has 1 aromatic heterocycles. The van der Waals surface area contributed by atoms with E-state index in [4.69, 9.17) is 0 Å². The Morgan fingerprint density at radius 1 is 1.33 bits per heavy atom. The highest BCUT2D eigenvalue weighted by atomic mass is 16.6. The van der Waals surface area contributed by atoms with Crippen LogP contribution in [0.3, 0.4) is 0 Å². The fraction of sp³-hybridized carbons (Fsp3) is 0.0667. The van der Waals surface area contributed by atoms with Gasteiger partial charge in [0.25, 0.3) is 5.69 Å². The Labute approximate surface area is 121 Å². The molecule has 2 aromatic rings. The van der Waals surface area contributed by atoms with Gasteiger partial charge in [-0.3, -0.25) is 19.9 Å². The SMILES string of the molecule is Cc1c(NC(=O)/C=C/c2cccnc2)cccc1[N+](=O)[O-]. The number of nitrogens with zero attached hydrogens (tertiary/aromatic N) is 2. The van der Waals surface area contributed by atoms with Gasteiger partial charge >= 0.3 is 0 Å². The van der Waals surface area contributed by atoms with Crippen LogP contribution in [-0.4, -0.2) is 15.8 Å². The monoisotopic (exact) mass is 283 g/mol. The molecule has 6 heteroatoms. The molecule has 0 saturated carbocycles. The van der Waals surface area contributed by atoms with Gasteiger partial charge in [-0.15, -0.1) is 0 Å². The highest BCUT2D eigenvalue weighted by molar-refractivity contribution is 6.02. The number of pyridine rings is 1. The van der Waals surface area contributed by atoms with Gasteiger partial charge in [0, 0.05) is 24.5 Å². The van der Waals surface area contributed by atoms with Gasteiger partial charge in [-0.05, 0) is 30.7 Å². The summed E-state index contributed by atoms with van der Waals surface area (Å²) < 4.78 is 0. The molecule has 0 spiro atoms. The van der Waals surface area contributed by atoms with Crippen LogP contribution in [0.4, 0.5) is 11.4 Å². The predicted octanol–water partition coefficient (Wildman–Crippen LogP) is 2.95. The fourth-order valence-corrected chi connectivity index (χ4v) is 1.78. The lowest BCUT2D eigenvalue weighted by molar-refractivity contribution is -0.385. The van der Waals surface area contributed by atoms with Crippen molar-refractivity contribution in [1.29, 1.82) is 0 Å². The number of amides is 1. The van der Waals surface area contributed by atoms with Crippen molar-refractivity contribution in [1.82, 2.24) is 4.98 Å². The van der Waals surface area contributed by atoms with E-state index in [9.17, 15) is 14.9 Å². The third-order valence-electron chi connectivity index (χ3n) is 2.87. The maximum Gasteiger partial charge on any atom is 0.274 e. The van der Waals surface area contributed by atoms with Crippen LogP contribution >= 0.6 is 0 Å². The Hall–Kier alpha value is -3.02. The largest absolute Gasteiger partial charge is 0.322 e. The molecular weight excluding hydrogens is 270 g/mol. The zero-order valence-corrected chi connectivity index (χ0v) is 11.3. The Bertz CT molecular complexity index is 697. The topological polar surface area (TPSA) is 85.1 Å². The van der Waals surface area contributed by atoms with Crippen LogP contribution in [0, 0.1) is 17.0 Å². The molecule has 0 fully saturated rings. The van der Waals surface area contributed by atoms with Gasteiger partial charge in [0.15, 0.2) is 0 Å². The third-order valence-corrected chi connectivity index (χ3v) is 2.87. The van der Waals surface area contributed by atoms with Crippen molar-refractivity contribution in [3.05, 3.63) is 70.0 Å². The molecule has 0 bridgehead atoms. The minimum atomic E-state index is -0.476. The minimum absolute atomic E-state index is 0.0240. The number of nitro benzene ring substituents is 1. The van der Waals surface area contributed by atoms with Gasteiger partial charge in [-0.25, -0.2) is 0 Å². The van der Waals surface area contributed by atoms with E-state index in [-0.39, 0.29) is 11.6 Å². The van der Waals surface area contributed by atoms with Gasteiger partial charge in [0.2, 0.25) is 5.91 Å². The van der Waals surface area contributed by atoms with Crippen molar-refractivity contribution < 1.29 is 9.72 Å². The molecule has 6 nitrogen and oxygen atoms in total. The van der Waals surface area contributed by atoms with E-state index < -0.39 is 4.92 Å². The number of benzene rings is 1. The molecular formula is C15H13N3O3. The molecule has 2 rings (SSSR count). The van der Waals surface area contributed by atoms with E-state index in [2.05, 4.69) is 10.3 Å². The van der Waals surface area contributed by atoms with Gasteiger partial charge in [0.1, 0.15) is 0 Å². The van der Waals surface area contributed by atoms with Crippen LogP contribution < -0.4 is 5.32 Å². The standard InChI is InChI=1S/C15H13N3O3/c1-11-13(5-2-6-14(11)18(20)21)17-15(19)8-7-12-4-3-9-16-10-12/h2-10H,1H3,(H,17,19)/b8-7+. The van der Waals surface area contributed by atoms with Crippen molar-refractivity contribution in [2.24, 2.45) is 0 Å². The summed E-state index contributed by atoms with van der Waals surface area (Å²) in [5.74, 6) is -0.359. The van der Waals surface area contributed by atoms with Crippen LogP contribution in [0.2, 0.25) is 0 Å². The first-order valence-electron chi connectivity index (χ1n) is 6.21. The lowest BCUT2D eigenvalue weighted by atomic mass is 10.1. The second-order valence-corrected chi connectivity index (χ2v) is 4.32. The van der Waals surface area contributed by atoms with E-state index in [0.717, 1.165) is 5.56 Å². The van der Waals surface area contributed by atoms with Crippen LogP contribution in [0.1, 0.15) is 11.1 Å². The first kappa shape index (κ1) is 14.4. The number of carbonyl (C=O) groups is 1.